The molecule has 1 N–H and O–H groups in total. The fraction of sp³-hybridized carbons (Fsp3) is 0.179. The number of dihydropyridines is 1. The monoisotopic (exact) mass is 454 g/mol. The Balaban J connectivity index is 1.63. The van der Waals surface area contributed by atoms with Crippen LogP contribution in [0, 0.1) is 0 Å². The summed E-state index contributed by atoms with van der Waals surface area (Å²) < 4.78 is 11.3. The van der Waals surface area contributed by atoms with Crippen LogP contribution in [-0.2, 0) is 32.3 Å². The molecular weight excluding hydrogens is 428 g/mol. The summed E-state index contributed by atoms with van der Waals surface area (Å²) in [6, 6.07) is 22.6. The number of hydrogen-bond donors (Lipinski definition) is 1. The van der Waals surface area contributed by atoms with Crippen molar-refractivity contribution in [3.05, 3.63) is 124 Å². The average molecular weight is 455 g/mol. The summed E-state index contributed by atoms with van der Waals surface area (Å²) >= 11 is 0. The molecule has 1 aliphatic rings. The van der Waals surface area contributed by atoms with Crippen molar-refractivity contribution in [1.82, 2.24) is 10.3 Å². The molecule has 2 aromatic carbocycles. The van der Waals surface area contributed by atoms with Gasteiger partial charge in [0.25, 0.3) is 0 Å². The number of ether oxygens (including phenoxy) is 2. The Morgan fingerprint density at radius 1 is 0.765 bits per heavy atom. The zero-order valence-corrected chi connectivity index (χ0v) is 19.2. The molecule has 0 saturated heterocycles. The molecule has 0 atom stereocenters. The summed E-state index contributed by atoms with van der Waals surface area (Å²) in [4.78, 5) is 30.8. The normalized spacial score (nSPS) is 13.9. The summed E-state index contributed by atoms with van der Waals surface area (Å²) in [6.45, 7) is 3.87. The van der Waals surface area contributed by atoms with Crippen molar-refractivity contribution in [2.45, 2.75) is 33.0 Å². The highest BCUT2D eigenvalue weighted by Gasteiger charge is 2.38. The SMILES string of the molecule is CC1=C(C(=O)OCc2ccccc2)C(c2cccnc2)C(C(=O)OCc2ccccc2)=C(C)N1. The first kappa shape index (κ1) is 23.0. The molecule has 0 unspecified atom stereocenters. The third-order valence-electron chi connectivity index (χ3n) is 5.64. The molecule has 34 heavy (non-hydrogen) atoms. The van der Waals surface area contributed by atoms with Crippen molar-refractivity contribution in [3.8, 4) is 0 Å². The van der Waals surface area contributed by atoms with Gasteiger partial charge in [-0.25, -0.2) is 9.59 Å². The van der Waals surface area contributed by atoms with Crippen molar-refractivity contribution in [1.29, 1.82) is 0 Å². The van der Waals surface area contributed by atoms with E-state index in [1.54, 1.807) is 32.3 Å². The number of pyridine rings is 1. The molecule has 0 spiro atoms. The van der Waals surface area contributed by atoms with Crippen LogP contribution in [0.5, 0.6) is 0 Å². The van der Waals surface area contributed by atoms with E-state index in [0.717, 1.165) is 11.1 Å². The lowest BCUT2D eigenvalue weighted by molar-refractivity contribution is -0.141. The zero-order chi connectivity index (χ0) is 23.9. The molecule has 6 heteroatoms. The molecule has 172 valence electrons. The Hall–Kier alpha value is -4.19. The van der Waals surface area contributed by atoms with Crippen molar-refractivity contribution in [2.75, 3.05) is 0 Å². The summed E-state index contributed by atoms with van der Waals surface area (Å²) in [5.74, 6) is -1.66. The average Bonchev–Trinajstić information content (AvgIpc) is 2.87. The molecule has 1 aliphatic heterocycles. The Morgan fingerprint density at radius 2 is 1.26 bits per heavy atom. The van der Waals surface area contributed by atoms with E-state index >= 15 is 0 Å². The van der Waals surface area contributed by atoms with E-state index in [-0.39, 0.29) is 13.2 Å². The van der Waals surface area contributed by atoms with Crippen LogP contribution in [0.1, 0.15) is 36.5 Å². The summed E-state index contributed by atoms with van der Waals surface area (Å²) in [7, 11) is 0. The molecule has 1 aromatic heterocycles. The minimum absolute atomic E-state index is 0.132. The van der Waals surface area contributed by atoms with Crippen LogP contribution in [0.2, 0.25) is 0 Å². The number of allylic oxidation sites excluding steroid dienone is 2. The van der Waals surface area contributed by atoms with Crippen molar-refractivity contribution < 1.29 is 19.1 Å². The second-order valence-electron chi connectivity index (χ2n) is 8.05. The van der Waals surface area contributed by atoms with Gasteiger partial charge in [-0.05, 0) is 36.6 Å². The number of nitrogens with one attached hydrogen (secondary N) is 1. The van der Waals surface area contributed by atoms with Gasteiger partial charge in [0.15, 0.2) is 0 Å². The molecule has 3 aromatic rings. The van der Waals surface area contributed by atoms with Crippen molar-refractivity contribution in [3.63, 3.8) is 0 Å². The number of rotatable bonds is 7. The maximum atomic E-state index is 13.3. The molecule has 0 bridgehead atoms. The van der Waals surface area contributed by atoms with Crippen LogP contribution in [0.3, 0.4) is 0 Å². The van der Waals surface area contributed by atoms with Crippen LogP contribution >= 0.6 is 0 Å². The predicted molar refractivity (Wildman–Crippen MR) is 128 cm³/mol. The first-order chi connectivity index (χ1) is 16.5. The summed E-state index contributed by atoms with van der Waals surface area (Å²) in [5.41, 5.74) is 4.45. The van der Waals surface area contributed by atoms with Crippen LogP contribution in [0.4, 0.5) is 0 Å². The number of benzene rings is 2. The maximum Gasteiger partial charge on any atom is 0.337 e. The molecule has 6 nitrogen and oxygen atoms in total. The highest BCUT2D eigenvalue weighted by molar-refractivity contribution is 5.99. The minimum Gasteiger partial charge on any atom is -0.457 e. The van der Waals surface area contributed by atoms with Crippen LogP contribution < -0.4 is 5.32 Å². The van der Waals surface area contributed by atoms with E-state index in [2.05, 4.69) is 10.3 Å². The van der Waals surface area contributed by atoms with E-state index in [0.29, 0.717) is 28.1 Å². The lowest BCUT2D eigenvalue weighted by Gasteiger charge is -2.30. The Kier molecular flexibility index (Phi) is 7.18. The fourth-order valence-electron chi connectivity index (χ4n) is 4.02. The van der Waals surface area contributed by atoms with Gasteiger partial charge in [0.2, 0.25) is 0 Å². The molecule has 0 amide bonds. The molecule has 2 heterocycles. The molecular formula is C28H26N2O4. The number of carbonyl (C=O) groups excluding carboxylic acids is 2. The van der Waals surface area contributed by atoms with Gasteiger partial charge in [-0.15, -0.1) is 0 Å². The quantitative estimate of drug-likeness (QED) is 0.517. The van der Waals surface area contributed by atoms with E-state index in [4.69, 9.17) is 9.47 Å². The van der Waals surface area contributed by atoms with Crippen molar-refractivity contribution in [2.24, 2.45) is 0 Å². The van der Waals surface area contributed by atoms with E-state index in [1.807, 2.05) is 66.7 Å². The Bertz CT molecular complexity index is 1140. The lowest BCUT2D eigenvalue weighted by atomic mass is 9.81. The smallest absolute Gasteiger partial charge is 0.337 e. The van der Waals surface area contributed by atoms with Gasteiger partial charge in [-0.1, -0.05) is 66.7 Å². The second-order valence-corrected chi connectivity index (χ2v) is 8.05. The first-order valence-corrected chi connectivity index (χ1v) is 11.0. The third kappa shape index (κ3) is 5.23. The first-order valence-electron chi connectivity index (χ1n) is 11.0. The molecule has 0 aliphatic carbocycles. The maximum absolute atomic E-state index is 13.3. The highest BCUT2D eigenvalue weighted by Crippen LogP contribution is 2.39. The van der Waals surface area contributed by atoms with Crippen LogP contribution in [0.15, 0.2) is 108 Å². The molecule has 4 rings (SSSR count). The molecule has 0 fully saturated rings. The fourth-order valence-corrected chi connectivity index (χ4v) is 4.02. The zero-order valence-electron chi connectivity index (χ0n) is 19.2. The topological polar surface area (TPSA) is 77.5 Å². The number of aromatic nitrogens is 1. The number of carbonyl (C=O) groups is 2. The highest BCUT2D eigenvalue weighted by atomic mass is 16.5. The Morgan fingerprint density at radius 3 is 1.71 bits per heavy atom. The number of hydrogen-bond acceptors (Lipinski definition) is 6. The van der Waals surface area contributed by atoms with E-state index in [9.17, 15) is 9.59 Å². The van der Waals surface area contributed by atoms with Crippen molar-refractivity contribution >= 4 is 11.9 Å². The van der Waals surface area contributed by atoms with Gasteiger partial charge in [0.05, 0.1) is 17.1 Å². The lowest BCUT2D eigenvalue weighted by Crippen LogP contribution is -2.32. The van der Waals surface area contributed by atoms with E-state index < -0.39 is 17.9 Å². The summed E-state index contributed by atoms with van der Waals surface area (Å²) in [6.07, 6.45) is 3.31. The molecule has 0 saturated carbocycles. The Labute approximate surface area is 198 Å². The van der Waals surface area contributed by atoms with Gasteiger partial charge < -0.3 is 14.8 Å². The molecule has 0 radical (unpaired) electrons. The van der Waals surface area contributed by atoms with Crippen LogP contribution in [-0.4, -0.2) is 16.9 Å². The number of nitrogens with zero attached hydrogens (tertiary/aromatic N) is 1. The third-order valence-corrected chi connectivity index (χ3v) is 5.64. The van der Waals surface area contributed by atoms with Gasteiger partial charge in [0.1, 0.15) is 13.2 Å². The standard InChI is InChI=1S/C28H26N2O4/c1-19-24(27(31)33-17-21-10-5-3-6-11-21)26(23-14-9-15-29-16-23)25(20(2)30-19)28(32)34-18-22-12-7-4-8-13-22/h3-16,26,30H,17-18H2,1-2H3. The minimum atomic E-state index is -0.665. The van der Waals surface area contributed by atoms with E-state index in [1.165, 1.54) is 0 Å². The van der Waals surface area contributed by atoms with Gasteiger partial charge >= 0.3 is 11.9 Å². The van der Waals surface area contributed by atoms with Gasteiger partial charge in [-0.2, -0.15) is 0 Å². The van der Waals surface area contributed by atoms with Gasteiger partial charge in [0, 0.05) is 23.8 Å². The second kappa shape index (κ2) is 10.6. The summed E-state index contributed by atoms with van der Waals surface area (Å²) in [5, 5.41) is 3.17. The van der Waals surface area contributed by atoms with Crippen LogP contribution in [0.25, 0.3) is 0 Å². The predicted octanol–water partition coefficient (Wildman–Crippen LogP) is 4.80. The van der Waals surface area contributed by atoms with Gasteiger partial charge in [-0.3, -0.25) is 4.98 Å². The largest absolute Gasteiger partial charge is 0.457 e. The number of esters is 2.